The molecule has 0 spiro atoms. The van der Waals surface area contributed by atoms with E-state index in [1.165, 1.54) is 0 Å². The van der Waals surface area contributed by atoms with Gasteiger partial charge in [0.05, 0.1) is 4.75 Å². The largest absolute Gasteiger partial charge is 0.389 e. The Morgan fingerprint density at radius 2 is 1.58 bits per heavy atom. The second-order valence-electron chi connectivity index (χ2n) is 3.41. The average molecular weight is 202 g/mol. The number of aliphatic hydroxyl groups is 1. The van der Waals surface area contributed by atoms with Gasteiger partial charge in [0.2, 0.25) is 9.84 Å². The third-order valence-electron chi connectivity index (χ3n) is 1.38. The molecular formula is C6H12F2O3S. The summed E-state index contributed by atoms with van der Waals surface area (Å²) in [6.07, 6.45) is 0. The van der Waals surface area contributed by atoms with E-state index in [9.17, 15) is 17.2 Å². The lowest BCUT2D eigenvalue weighted by molar-refractivity contribution is 0.0244. The molecule has 6 heteroatoms. The first-order valence-electron chi connectivity index (χ1n) is 3.29. The average Bonchev–Trinajstić information content (AvgIpc) is 1.85. The quantitative estimate of drug-likeness (QED) is 0.720. The summed E-state index contributed by atoms with van der Waals surface area (Å²) >= 11 is 0. The van der Waals surface area contributed by atoms with Crippen LogP contribution in [-0.4, -0.2) is 30.1 Å². The Morgan fingerprint density at radius 3 is 1.67 bits per heavy atom. The predicted molar refractivity (Wildman–Crippen MR) is 40.7 cm³/mol. The highest BCUT2D eigenvalue weighted by molar-refractivity contribution is 7.93. The Hall–Kier alpha value is -0.230. The fourth-order valence-corrected chi connectivity index (χ4v) is 1.60. The van der Waals surface area contributed by atoms with E-state index < -0.39 is 26.4 Å². The van der Waals surface area contributed by atoms with Crippen LogP contribution in [0, 0.1) is 0 Å². The second-order valence-corrected chi connectivity index (χ2v) is 6.24. The Bertz CT molecular complexity index is 250. The minimum absolute atomic E-state index is 1.16. The SMILES string of the molecule is CC(C)(C)S(=O)(=O)C(F)(F)CO. The van der Waals surface area contributed by atoms with Gasteiger partial charge in [-0.05, 0) is 20.8 Å². The van der Waals surface area contributed by atoms with E-state index in [1.54, 1.807) is 0 Å². The molecule has 0 radical (unpaired) electrons. The molecule has 12 heavy (non-hydrogen) atoms. The lowest BCUT2D eigenvalue weighted by Gasteiger charge is -2.24. The molecule has 0 unspecified atom stereocenters. The van der Waals surface area contributed by atoms with E-state index in [1.807, 2.05) is 0 Å². The van der Waals surface area contributed by atoms with Crippen molar-refractivity contribution >= 4 is 9.84 Å². The van der Waals surface area contributed by atoms with Crippen LogP contribution in [0.5, 0.6) is 0 Å². The van der Waals surface area contributed by atoms with Crippen LogP contribution in [0.1, 0.15) is 20.8 Å². The number of hydrogen-bond acceptors (Lipinski definition) is 3. The molecule has 0 bridgehead atoms. The van der Waals surface area contributed by atoms with E-state index in [0.717, 1.165) is 20.8 Å². The van der Waals surface area contributed by atoms with E-state index in [2.05, 4.69) is 0 Å². The van der Waals surface area contributed by atoms with Gasteiger partial charge in [-0.25, -0.2) is 8.42 Å². The third-order valence-corrected chi connectivity index (χ3v) is 3.91. The van der Waals surface area contributed by atoms with Crippen LogP contribution in [0.15, 0.2) is 0 Å². The predicted octanol–water partition coefficient (Wildman–Crippen LogP) is 0.785. The van der Waals surface area contributed by atoms with E-state index in [-0.39, 0.29) is 0 Å². The summed E-state index contributed by atoms with van der Waals surface area (Å²) < 4.78 is 45.6. The molecule has 0 heterocycles. The molecular weight excluding hydrogens is 190 g/mol. The van der Waals surface area contributed by atoms with Crippen LogP contribution in [0.3, 0.4) is 0 Å². The van der Waals surface area contributed by atoms with Crippen molar-refractivity contribution in [3.8, 4) is 0 Å². The van der Waals surface area contributed by atoms with Gasteiger partial charge >= 0.3 is 5.25 Å². The lowest BCUT2D eigenvalue weighted by Crippen LogP contribution is -2.44. The summed E-state index contributed by atoms with van der Waals surface area (Å²) in [5.41, 5.74) is 0. The highest BCUT2D eigenvalue weighted by Crippen LogP contribution is 2.31. The highest BCUT2D eigenvalue weighted by atomic mass is 32.2. The van der Waals surface area contributed by atoms with Crippen molar-refractivity contribution in [2.75, 3.05) is 6.61 Å². The molecule has 0 amide bonds. The van der Waals surface area contributed by atoms with Crippen LogP contribution >= 0.6 is 0 Å². The van der Waals surface area contributed by atoms with Crippen molar-refractivity contribution in [1.82, 2.24) is 0 Å². The number of halogens is 2. The van der Waals surface area contributed by atoms with Crippen LogP contribution < -0.4 is 0 Å². The first kappa shape index (κ1) is 11.8. The van der Waals surface area contributed by atoms with Crippen molar-refractivity contribution in [3.63, 3.8) is 0 Å². The second kappa shape index (κ2) is 2.92. The summed E-state index contributed by atoms with van der Waals surface area (Å²) in [6.45, 7) is 1.80. The molecule has 74 valence electrons. The van der Waals surface area contributed by atoms with Gasteiger partial charge in [-0.1, -0.05) is 0 Å². The molecule has 0 saturated carbocycles. The first-order chi connectivity index (χ1) is 5.06. The van der Waals surface area contributed by atoms with E-state index >= 15 is 0 Å². The normalized spacial score (nSPS) is 14.8. The topological polar surface area (TPSA) is 54.4 Å². The third kappa shape index (κ3) is 1.74. The molecule has 0 rings (SSSR count). The van der Waals surface area contributed by atoms with Gasteiger partial charge in [-0.3, -0.25) is 0 Å². The van der Waals surface area contributed by atoms with E-state index in [4.69, 9.17) is 5.11 Å². The molecule has 1 N–H and O–H groups in total. The lowest BCUT2D eigenvalue weighted by atomic mass is 10.3. The molecule has 0 aromatic carbocycles. The maximum absolute atomic E-state index is 12.6. The van der Waals surface area contributed by atoms with Crippen molar-refractivity contribution in [3.05, 3.63) is 0 Å². The minimum Gasteiger partial charge on any atom is -0.389 e. The Kier molecular flexibility index (Phi) is 2.86. The van der Waals surface area contributed by atoms with Gasteiger partial charge in [-0.2, -0.15) is 8.78 Å². The number of alkyl halides is 2. The summed E-state index contributed by atoms with van der Waals surface area (Å²) in [5.74, 6) is 0. The Labute approximate surface area is 70.3 Å². The van der Waals surface area contributed by atoms with Crippen molar-refractivity contribution in [2.24, 2.45) is 0 Å². The molecule has 0 saturated heterocycles. The molecule has 3 nitrogen and oxygen atoms in total. The number of aliphatic hydroxyl groups excluding tert-OH is 1. The molecule has 0 aromatic rings. The fraction of sp³-hybridized carbons (Fsp3) is 1.00. The maximum Gasteiger partial charge on any atom is 0.368 e. The van der Waals surface area contributed by atoms with Gasteiger partial charge in [0.25, 0.3) is 0 Å². The standard InChI is InChI=1S/C6H12F2O3S/c1-5(2,3)12(10,11)6(7,8)4-9/h9H,4H2,1-3H3. The van der Waals surface area contributed by atoms with Crippen molar-refractivity contribution in [1.29, 1.82) is 0 Å². The summed E-state index contributed by atoms with van der Waals surface area (Å²) in [4.78, 5) is 0. The monoisotopic (exact) mass is 202 g/mol. The van der Waals surface area contributed by atoms with Gasteiger partial charge in [0.1, 0.15) is 6.61 Å². The van der Waals surface area contributed by atoms with Gasteiger partial charge in [0, 0.05) is 0 Å². The van der Waals surface area contributed by atoms with Gasteiger partial charge in [0.15, 0.2) is 0 Å². The summed E-state index contributed by atoms with van der Waals surface area (Å²) in [6, 6.07) is 0. The molecule has 0 aliphatic heterocycles. The van der Waals surface area contributed by atoms with Crippen LogP contribution in [0.2, 0.25) is 0 Å². The Morgan fingerprint density at radius 1 is 1.25 bits per heavy atom. The zero-order chi connectivity index (χ0) is 10.2. The molecule has 0 aliphatic carbocycles. The molecule has 0 aromatic heterocycles. The molecule has 0 atom stereocenters. The molecule has 0 aliphatic rings. The Balaban J connectivity index is 5.16. The number of hydrogen-bond donors (Lipinski definition) is 1. The van der Waals surface area contributed by atoms with Crippen molar-refractivity contribution in [2.45, 2.75) is 30.8 Å². The van der Waals surface area contributed by atoms with Gasteiger partial charge < -0.3 is 5.11 Å². The number of rotatable bonds is 2. The zero-order valence-corrected chi connectivity index (χ0v) is 7.95. The van der Waals surface area contributed by atoms with Crippen LogP contribution in [-0.2, 0) is 9.84 Å². The number of sulfone groups is 1. The van der Waals surface area contributed by atoms with Gasteiger partial charge in [-0.15, -0.1) is 0 Å². The van der Waals surface area contributed by atoms with Crippen LogP contribution in [0.25, 0.3) is 0 Å². The zero-order valence-electron chi connectivity index (χ0n) is 7.13. The highest BCUT2D eigenvalue weighted by Gasteiger charge is 2.51. The smallest absolute Gasteiger partial charge is 0.368 e. The minimum atomic E-state index is -4.61. The summed E-state index contributed by atoms with van der Waals surface area (Å²) in [5, 5.41) is 4.11. The fourth-order valence-electron chi connectivity index (χ4n) is 0.533. The first-order valence-corrected chi connectivity index (χ1v) is 4.77. The summed E-state index contributed by atoms with van der Waals surface area (Å²) in [7, 11) is -4.61. The van der Waals surface area contributed by atoms with Crippen molar-refractivity contribution < 1.29 is 22.3 Å². The van der Waals surface area contributed by atoms with Crippen LogP contribution in [0.4, 0.5) is 8.78 Å². The van der Waals surface area contributed by atoms with E-state index in [0.29, 0.717) is 0 Å². The molecule has 0 fully saturated rings. The maximum atomic E-state index is 12.6.